The number of ether oxygens (including phenoxy) is 2. The van der Waals surface area contributed by atoms with Gasteiger partial charge in [-0.2, -0.15) is 0 Å². The van der Waals surface area contributed by atoms with E-state index in [0.717, 1.165) is 24.1 Å². The van der Waals surface area contributed by atoms with Gasteiger partial charge in [0, 0.05) is 24.6 Å². The maximum Gasteiger partial charge on any atom is 0.316 e. The van der Waals surface area contributed by atoms with Gasteiger partial charge in [0.1, 0.15) is 6.10 Å². The maximum absolute atomic E-state index is 9.06. The van der Waals surface area contributed by atoms with E-state index in [2.05, 4.69) is 9.97 Å². The summed E-state index contributed by atoms with van der Waals surface area (Å²) >= 11 is 0. The molecule has 2 rings (SSSR count). The molecule has 1 aromatic heterocycles. The first kappa shape index (κ1) is 13.2. The summed E-state index contributed by atoms with van der Waals surface area (Å²) in [5.74, 6) is 0. The van der Waals surface area contributed by atoms with Gasteiger partial charge in [-0.3, -0.25) is 0 Å². The van der Waals surface area contributed by atoms with Crippen molar-refractivity contribution in [3.63, 3.8) is 0 Å². The average molecular weight is 252 g/mol. The van der Waals surface area contributed by atoms with Gasteiger partial charge in [-0.25, -0.2) is 9.97 Å². The van der Waals surface area contributed by atoms with Crippen molar-refractivity contribution in [2.75, 3.05) is 0 Å². The number of hydrogen-bond acceptors (Lipinski definition) is 5. The number of hydrogen-bond donors (Lipinski definition) is 1. The molecule has 1 N–H and O–H groups in total. The molecule has 0 bridgehead atoms. The minimum atomic E-state index is -0.0442. The van der Waals surface area contributed by atoms with Crippen LogP contribution in [0.1, 0.15) is 37.9 Å². The third-order valence-corrected chi connectivity index (χ3v) is 3.16. The Labute approximate surface area is 107 Å². The number of aryl methyl sites for hydroxylation is 1. The normalized spacial score (nSPS) is 28.1. The van der Waals surface area contributed by atoms with Crippen molar-refractivity contribution in [2.45, 2.75) is 58.5 Å². The van der Waals surface area contributed by atoms with Gasteiger partial charge in [-0.15, -0.1) is 0 Å². The lowest BCUT2D eigenvalue weighted by atomic mass is 10.0. The zero-order valence-corrected chi connectivity index (χ0v) is 11.1. The fraction of sp³-hybridized carbons (Fsp3) is 0.692. The topological polar surface area (TPSA) is 64.5 Å². The second-order valence-corrected chi connectivity index (χ2v) is 4.89. The molecule has 1 saturated heterocycles. The van der Waals surface area contributed by atoms with Crippen molar-refractivity contribution in [1.82, 2.24) is 9.97 Å². The van der Waals surface area contributed by atoms with E-state index >= 15 is 0 Å². The summed E-state index contributed by atoms with van der Waals surface area (Å²) in [5, 5.41) is 9.06. The largest absolute Gasteiger partial charge is 0.460 e. The van der Waals surface area contributed by atoms with E-state index in [1.807, 2.05) is 20.8 Å². The van der Waals surface area contributed by atoms with Crippen LogP contribution in [0.4, 0.5) is 0 Å². The van der Waals surface area contributed by atoms with Crippen LogP contribution in [0.5, 0.6) is 6.01 Å². The van der Waals surface area contributed by atoms with Crippen molar-refractivity contribution in [2.24, 2.45) is 0 Å². The summed E-state index contributed by atoms with van der Waals surface area (Å²) in [6.45, 7) is 5.90. The van der Waals surface area contributed by atoms with Gasteiger partial charge in [-0.1, -0.05) is 0 Å². The predicted molar refractivity (Wildman–Crippen MR) is 66.4 cm³/mol. The smallest absolute Gasteiger partial charge is 0.316 e. The quantitative estimate of drug-likeness (QED) is 0.885. The standard InChI is InChI=1S/C13H20N2O3/c1-8-4-12(5-9(2)17-8)18-13-14-6-11(7-16)10(3)15-13/h6,8-9,12,16H,4-5,7H2,1-3H3. The van der Waals surface area contributed by atoms with Crippen molar-refractivity contribution in [3.05, 3.63) is 17.5 Å². The van der Waals surface area contributed by atoms with Crippen molar-refractivity contribution in [3.8, 4) is 6.01 Å². The third kappa shape index (κ3) is 3.17. The Morgan fingerprint density at radius 3 is 2.61 bits per heavy atom. The second kappa shape index (κ2) is 5.63. The van der Waals surface area contributed by atoms with Crippen LogP contribution in [0, 0.1) is 6.92 Å². The monoisotopic (exact) mass is 252 g/mol. The lowest BCUT2D eigenvalue weighted by molar-refractivity contribution is -0.0739. The van der Waals surface area contributed by atoms with Gasteiger partial charge >= 0.3 is 6.01 Å². The lowest BCUT2D eigenvalue weighted by Crippen LogP contribution is -2.36. The van der Waals surface area contributed by atoms with Gasteiger partial charge in [0.2, 0.25) is 0 Å². The molecule has 1 aliphatic rings. The molecule has 18 heavy (non-hydrogen) atoms. The van der Waals surface area contributed by atoms with Crippen LogP contribution in [-0.4, -0.2) is 33.4 Å². The third-order valence-electron chi connectivity index (χ3n) is 3.16. The SMILES string of the molecule is Cc1nc(OC2CC(C)OC(C)C2)ncc1CO. The number of aromatic nitrogens is 2. The molecule has 1 aliphatic heterocycles. The Morgan fingerprint density at radius 2 is 2.06 bits per heavy atom. The lowest BCUT2D eigenvalue weighted by Gasteiger charge is -2.31. The molecule has 0 amide bonds. The minimum Gasteiger partial charge on any atom is -0.460 e. The van der Waals surface area contributed by atoms with E-state index in [9.17, 15) is 0 Å². The van der Waals surface area contributed by atoms with Gasteiger partial charge in [0.15, 0.2) is 0 Å². The zero-order chi connectivity index (χ0) is 13.1. The molecule has 1 fully saturated rings. The second-order valence-electron chi connectivity index (χ2n) is 4.89. The molecule has 1 aromatic rings. The average Bonchev–Trinajstić information content (AvgIpc) is 2.27. The molecule has 0 radical (unpaired) electrons. The number of rotatable bonds is 3. The summed E-state index contributed by atoms with van der Waals surface area (Å²) in [6.07, 6.45) is 3.84. The van der Waals surface area contributed by atoms with E-state index in [0.29, 0.717) is 6.01 Å². The Balaban J connectivity index is 2.02. The Hall–Kier alpha value is -1.20. The molecular formula is C13H20N2O3. The molecule has 2 unspecified atom stereocenters. The van der Waals surface area contributed by atoms with Gasteiger partial charge < -0.3 is 14.6 Å². The fourth-order valence-electron chi connectivity index (χ4n) is 2.27. The van der Waals surface area contributed by atoms with Crippen molar-refractivity contribution >= 4 is 0 Å². The van der Waals surface area contributed by atoms with E-state index in [1.165, 1.54) is 0 Å². The van der Waals surface area contributed by atoms with E-state index < -0.39 is 0 Å². The van der Waals surface area contributed by atoms with Crippen LogP contribution in [0.15, 0.2) is 6.20 Å². The highest BCUT2D eigenvalue weighted by Gasteiger charge is 2.26. The molecule has 2 atom stereocenters. The first-order valence-electron chi connectivity index (χ1n) is 6.34. The van der Waals surface area contributed by atoms with Gasteiger partial charge in [0.25, 0.3) is 0 Å². The van der Waals surface area contributed by atoms with Gasteiger partial charge in [0.05, 0.1) is 24.5 Å². The van der Waals surface area contributed by atoms with Gasteiger partial charge in [-0.05, 0) is 20.8 Å². The van der Waals surface area contributed by atoms with Crippen molar-refractivity contribution < 1.29 is 14.6 Å². The van der Waals surface area contributed by atoms with Crippen LogP contribution < -0.4 is 4.74 Å². The first-order valence-corrected chi connectivity index (χ1v) is 6.34. The first-order chi connectivity index (χ1) is 8.58. The summed E-state index contributed by atoms with van der Waals surface area (Å²) in [6, 6.07) is 0.385. The highest BCUT2D eigenvalue weighted by molar-refractivity contribution is 5.16. The Bertz CT molecular complexity index is 401. The van der Waals surface area contributed by atoms with Crippen LogP contribution in [0.25, 0.3) is 0 Å². The van der Waals surface area contributed by atoms with E-state index in [4.69, 9.17) is 14.6 Å². The molecule has 100 valence electrons. The van der Waals surface area contributed by atoms with Crippen LogP contribution in [0.3, 0.4) is 0 Å². The predicted octanol–water partition coefficient (Wildman–Crippen LogP) is 1.61. The van der Waals surface area contributed by atoms with Crippen LogP contribution >= 0.6 is 0 Å². The summed E-state index contributed by atoms with van der Waals surface area (Å²) < 4.78 is 11.5. The molecular weight excluding hydrogens is 232 g/mol. The Morgan fingerprint density at radius 1 is 1.39 bits per heavy atom. The molecule has 0 aromatic carbocycles. The molecule has 5 heteroatoms. The fourth-order valence-corrected chi connectivity index (χ4v) is 2.27. The van der Waals surface area contributed by atoms with E-state index in [1.54, 1.807) is 6.20 Å². The molecule has 5 nitrogen and oxygen atoms in total. The van der Waals surface area contributed by atoms with Crippen LogP contribution in [-0.2, 0) is 11.3 Å². The molecule has 0 aliphatic carbocycles. The molecule has 0 saturated carbocycles. The highest BCUT2D eigenvalue weighted by atomic mass is 16.5. The maximum atomic E-state index is 9.06. The number of aliphatic hydroxyl groups is 1. The molecule has 2 heterocycles. The summed E-state index contributed by atoms with van der Waals surface area (Å²) in [7, 11) is 0. The summed E-state index contributed by atoms with van der Waals surface area (Å²) in [5.41, 5.74) is 1.49. The number of aliphatic hydroxyl groups excluding tert-OH is 1. The summed E-state index contributed by atoms with van der Waals surface area (Å²) in [4.78, 5) is 8.37. The van der Waals surface area contributed by atoms with Crippen molar-refractivity contribution in [1.29, 1.82) is 0 Å². The molecule has 0 spiro atoms. The zero-order valence-electron chi connectivity index (χ0n) is 11.1. The number of nitrogens with zero attached hydrogens (tertiary/aromatic N) is 2. The van der Waals surface area contributed by atoms with E-state index in [-0.39, 0.29) is 24.9 Å². The highest BCUT2D eigenvalue weighted by Crippen LogP contribution is 2.22. The van der Waals surface area contributed by atoms with Crippen LogP contribution in [0.2, 0.25) is 0 Å². The minimum absolute atomic E-state index is 0.0442. The Kier molecular flexibility index (Phi) is 4.14.